The fraction of sp³-hybridized carbons (Fsp3) is 0.222. The largest absolute Gasteiger partial charge is 0.465 e. The Morgan fingerprint density at radius 3 is 2.65 bits per heavy atom. The van der Waals surface area contributed by atoms with Crippen molar-refractivity contribution >= 4 is 16.7 Å². The van der Waals surface area contributed by atoms with Crippen LogP contribution in [-0.4, -0.2) is 22.6 Å². The molecule has 2 aromatic carbocycles. The summed E-state index contributed by atoms with van der Waals surface area (Å²) in [4.78, 5) is 16.3. The lowest BCUT2D eigenvalue weighted by atomic mass is 9.94. The van der Waals surface area contributed by atoms with E-state index < -0.39 is 0 Å². The number of esters is 1. The van der Waals surface area contributed by atoms with Crippen LogP contribution >= 0.6 is 0 Å². The van der Waals surface area contributed by atoms with E-state index in [4.69, 9.17) is 10.5 Å². The lowest BCUT2D eigenvalue weighted by Crippen LogP contribution is -2.16. The standard InChI is InChI=1S/C18H19N3O2/c1-21-10-9-20-17(21)11-16(19)14-7-8-15(18(22)23-2)13-6-4-3-5-12(13)14/h3-10,16H,11,19H2,1-2H3. The predicted octanol–water partition coefficient (Wildman–Crippen LogP) is 2.60. The van der Waals surface area contributed by atoms with Crippen LogP contribution in [0, 0.1) is 0 Å². The summed E-state index contributed by atoms with van der Waals surface area (Å²) in [5, 5.41) is 1.82. The molecule has 0 fully saturated rings. The number of carbonyl (C=O) groups is 1. The Morgan fingerprint density at radius 2 is 2.00 bits per heavy atom. The van der Waals surface area contributed by atoms with E-state index >= 15 is 0 Å². The van der Waals surface area contributed by atoms with E-state index in [1.54, 1.807) is 12.3 Å². The van der Waals surface area contributed by atoms with Crippen molar-refractivity contribution in [3.8, 4) is 0 Å². The number of imidazole rings is 1. The molecule has 0 saturated heterocycles. The number of methoxy groups -OCH3 is 1. The molecule has 0 radical (unpaired) electrons. The molecule has 0 aliphatic rings. The van der Waals surface area contributed by atoms with Gasteiger partial charge in [-0.3, -0.25) is 0 Å². The molecule has 1 heterocycles. The predicted molar refractivity (Wildman–Crippen MR) is 89.1 cm³/mol. The number of carbonyl (C=O) groups excluding carboxylic acids is 1. The first-order valence-electron chi connectivity index (χ1n) is 7.43. The van der Waals surface area contributed by atoms with Crippen LogP contribution in [-0.2, 0) is 18.2 Å². The number of nitrogens with two attached hydrogens (primary N) is 1. The molecule has 3 rings (SSSR count). The van der Waals surface area contributed by atoms with E-state index in [0.717, 1.165) is 22.2 Å². The Bertz CT molecular complexity index is 854. The molecule has 5 heteroatoms. The van der Waals surface area contributed by atoms with Crippen molar-refractivity contribution < 1.29 is 9.53 Å². The molecule has 118 valence electrons. The summed E-state index contributed by atoms with van der Waals surface area (Å²) < 4.78 is 6.83. The van der Waals surface area contributed by atoms with Crippen LogP contribution in [0.15, 0.2) is 48.8 Å². The molecule has 0 aliphatic heterocycles. The molecule has 2 N–H and O–H groups in total. The third-order valence-corrected chi connectivity index (χ3v) is 4.09. The van der Waals surface area contributed by atoms with Gasteiger partial charge in [-0.05, 0) is 22.4 Å². The zero-order valence-corrected chi connectivity index (χ0v) is 13.2. The highest BCUT2D eigenvalue weighted by Gasteiger charge is 2.17. The second-order valence-electron chi connectivity index (χ2n) is 5.50. The van der Waals surface area contributed by atoms with Crippen molar-refractivity contribution in [3.63, 3.8) is 0 Å². The van der Waals surface area contributed by atoms with Crippen LogP contribution in [0.3, 0.4) is 0 Å². The van der Waals surface area contributed by atoms with Crippen molar-refractivity contribution in [2.75, 3.05) is 7.11 Å². The van der Waals surface area contributed by atoms with E-state index in [2.05, 4.69) is 4.98 Å². The van der Waals surface area contributed by atoms with E-state index in [1.807, 2.05) is 48.1 Å². The van der Waals surface area contributed by atoms with Gasteiger partial charge >= 0.3 is 5.97 Å². The van der Waals surface area contributed by atoms with Crippen molar-refractivity contribution in [1.82, 2.24) is 9.55 Å². The van der Waals surface area contributed by atoms with Gasteiger partial charge in [-0.25, -0.2) is 9.78 Å². The molecular formula is C18H19N3O2. The highest BCUT2D eigenvalue weighted by atomic mass is 16.5. The highest BCUT2D eigenvalue weighted by Crippen LogP contribution is 2.28. The fourth-order valence-corrected chi connectivity index (χ4v) is 2.83. The first-order chi connectivity index (χ1) is 11.1. The lowest BCUT2D eigenvalue weighted by Gasteiger charge is -2.16. The molecule has 0 spiro atoms. The average molecular weight is 309 g/mol. The molecule has 1 atom stereocenters. The Hall–Kier alpha value is -2.66. The summed E-state index contributed by atoms with van der Waals surface area (Å²) in [6.45, 7) is 0. The number of hydrogen-bond acceptors (Lipinski definition) is 4. The van der Waals surface area contributed by atoms with Gasteiger partial charge in [0.25, 0.3) is 0 Å². The van der Waals surface area contributed by atoms with Gasteiger partial charge in [-0.2, -0.15) is 0 Å². The molecular weight excluding hydrogens is 290 g/mol. The van der Waals surface area contributed by atoms with Gasteiger partial charge in [-0.1, -0.05) is 30.3 Å². The van der Waals surface area contributed by atoms with Crippen LogP contribution in [0.5, 0.6) is 0 Å². The maximum absolute atomic E-state index is 11.9. The summed E-state index contributed by atoms with van der Waals surface area (Å²) in [7, 11) is 3.34. The van der Waals surface area contributed by atoms with Crippen molar-refractivity contribution in [2.45, 2.75) is 12.5 Å². The summed E-state index contributed by atoms with van der Waals surface area (Å²) in [5.41, 5.74) is 7.96. The normalized spacial score (nSPS) is 12.3. The Kier molecular flexibility index (Phi) is 4.12. The van der Waals surface area contributed by atoms with E-state index in [-0.39, 0.29) is 12.0 Å². The maximum Gasteiger partial charge on any atom is 0.338 e. The first-order valence-corrected chi connectivity index (χ1v) is 7.43. The smallest absolute Gasteiger partial charge is 0.338 e. The Morgan fingerprint density at radius 1 is 1.26 bits per heavy atom. The number of fused-ring (bicyclic) bond motifs is 1. The molecule has 1 aromatic heterocycles. The van der Waals surface area contributed by atoms with Gasteiger partial charge in [0.2, 0.25) is 0 Å². The first kappa shape index (κ1) is 15.2. The quantitative estimate of drug-likeness (QED) is 0.752. The number of aryl methyl sites for hydroxylation is 1. The van der Waals surface area contributed by atoms with Crippen molar-refractivity contribution in [2.24, 2.45) is 12.8 Å². The van der Waals surface area contributed by atoms with Gasteiger partial charge in [0.1, 0.15) is 5.82 Å². The highest BCUT2D eigenvalue weighted by molar-refractivity contribution is 6.05. The monoisotopic (exact) mass is 309 g/mol. The summed E-state index contributed by atoms with van der Waals surface area (Å²) >= 11 is 0. The van der Waals surface area contributed by atoms with Crippen LogP contribution in [0.25, 0.3) is 10.8 Å². The number of aromatic nitrogens is 2. The van der Waals surface area contributed by atoms with Gasteiger partial charge < -0.3 is 15.0 Å². The summed E-state index contributed by atoms with van der Waals surface area (Å²) in [5.74, 6) is 0.587. The number of nitrogens with zero attached hydrogens (tertiary/aromatic N) is 2. The summed E-state index contributed by atoms with van der Waals surface area (Å²) in [6.07, 6.45) is 4.30. The molecule has 3 aromatic rings. The number of hydrogen-bond donors (Lipinski definition) is 1. The number of ether oxygens (including phenoxy) is 1. The van der Waals surface area contributed by atoms with Crippen molar-refractivity contribution in [3.05, 3.63) is 65.7 Å². The van der Waals surface area contributed by atoms with E-state index in [0.29, 0.717) is 12.0 Å². The summed E-state index contributed by atoms with van der Waals surface area (Å²) in [6, 6.07) is 11.2. The zero-order chi connectivity index (χ0) is 16.4. The Balaban J connectivity index is 2.05. The molecule has 23 heavy (non-hydrogen) atoms. The van der Waals surface area contributed by atoms with Gasteiger partial charge in [0.15, 0.2) is 0 Å². The molecule has 0 aliphatic carbocycles. The third-order valence-electron chi connectivity index (χ3n) is 4.09. The van der Waals surface area contributed by atoms with Crippen molar-refractivity contribution in [1.29, 1.82) is 0 Å². The minimum Gasteiger partial charge on any atom is -0.465 e. The molecule has 0 bridgehead atoms. The molecule has 0 saturated carbocycles. The topological polar surface area (TPSA) is 70.1 Å². The molecule has 5 nitrogen and oxygen atoms in total. The zero-order valence-electron chi connectivity index (χ0n) is 13.2. The average Bonchev–Trinajstić information content (AvgIpc) is 2.98. The van der Waals surface area contributed by atoms with Gasteiger partial charge in [0, 0.05) is 31.9 Å². The van der Waals surface area contributed by atoms with E-state index in [1.165, 1.54) is 7.11 Å². The minimum absolute atomic E-state index is 0.201. The van der Waals surface area contributed by atoms with Crippen LogP contribution in [0.2, 0.25) is 0 Å². The fourth-order valence-electron chi connectivity index (χ4n) is 2.83. The number of rotatable bonds is 4. The van der Waals surface area contributed by atoms with E-state index in [9.17, 15) is 4.79 Å². The van der Waals surface area contributed by atoms with Gasteiger partial charge in [-0.15, -0.1) is 0 Å². The van der Waals surface area contributed by atoms with Crippen LogP contribution in [0.1, 0.15) is 27.8 Å². The third kappa shape index (κ3) is 2.83. The van der Waals surface area contributed by atoms with Gasteiger partial charge in [0.05, 0.1) is 12.7 Å². The SMILES string of the molecule is COC(=O)c1ccc(C(N)Cc2nccn2C)c2ccccc12. The molecule has 1 unspecified atom stereocenters. The van der Waals surface area contributed by atoms with Crippen LogP contribution in [0.4, 0.5) is 0 Å². The second kappa shape index (κ2) is 6.22. The maximum atomic E-state index is 11.9. The number of benzene rings is 2. The Labute approximate surface area is 134 Å². The lowest BCUT2D eigenvalue weighted by molar-refractivity contribution is 0.0603. The minimum atomic E-state index is -0.342. The van der Waals surface area contributed by atoms with Crippen LogP contribution < -0.4 is 5.73 Å². The second-order valence-corrected chi connectivity index (χ2v) is 5.50. The molecule has 0 amide bonds.